The molecule has 19 heavy (non-hydrogen) atoms. The summed E-state index contributed by atoms with van der Waals surface area (Å²) in [6, 6.07) is 4.93. The fourth-order valence-corrected chi connectivity index (χ4v) is 4.82. The number of sulfonamides is 1. The zero-order chi connectivity index (χ0) is 14.0. The maximum atomic E-state index is 12.6. The van der Waals surface area contributed by atoms with Gasteiger partial charge in [-0.3, -0.25) is 0 Å². The minimum absolute atomic E-state index is 0.154. The van der Waals surface area contributed by atoms with Gasteiger partial charge < -0.3 is 5.73 Å². The van der Waals surface area contributed by atoms with Gasteiger partial charge in [-0.1, -0.05) is 17.7 Å². The number of benzene rings is 1. The van der Waals surface area contributed by atoms with Crippen LogP contribution in [0, 0.1) is 5.92 Å². The average molecular weight is 368 g/mol. The van der Waals surface area contributed by atoms with Crippen molar-refractivity contribution in [2.24, 2.45) is 11.7 Å². The van der Waals surface area contributed by atoms with Gasteiger partial charge in [0.1, 0.15) is 4.90 Å². The van der Waals surface area contributed by atoms with Crippen molar-refractivity contribution in [3.63, 3.8) is 0 Å². The number of nitrogens with zero attached hydrogens (tertiary/aromatic N) is 1. The predicted octanol–water partition coefficient (Wildman–Crippen LogP) is 2.46. The second kappa shape index (κ2) is 6.10. The highest BCUT2D eigenvalue weighted by atomic mass is 79.9. The van der Waals surface area contributed by atoms with Crippen LogP contribution in [-0.2, 0) is 10.0 Å². The summed E-state index contributed by atoms with van der Waals surface area (Å²) < 4.78 is 27.3. The monoisotopic (exact) mass is 366 g/mol. The summed E-state index contributed by atoms with van der Waals surface area (Å²) in [5.74, 6) is 0.231. The molecule has 2 rings (SSSR count). The van der Waals surface area contributed by atoms with Gasteiger partial charge in [-0.05, 0) is 53.4 Å². The summed E-state index contributed by atoms with van der Waals surface area (Å²) in [6.45, 7) is 1.52. The summed E-state index contributed by atoms with van der Waals surface area (Å²) in [4.78, 5) is 0.154. The Labute approximate surface area is 127 Å². The molecule has 0 radical (unpaired) electrons. The fraction of sp³-hybridized carbons (Fsp3) is 0.500. The summed E-state index contributed by atoms with van der Waals surface area (Å²) in [5, 5.41) is 0.234. The Hall–Kier alpha value is -0.140. The van der Waals surface area contributed by atoms with Crippen LogP contribution in [0.2, 0.25) is 5.02 Å². The first-order valence-electron chi connectivity index (χ1n) is 6.11. The third-order valence-electron chi connectivity index (χ3n) is 3.35. The van der Waals surface area contributed by atoms with Crippen molar-refractivity contribution in [1.29, 1.82) is 0 Å². The maximum Gasteiger partial charge on any atom is 0.244 e. The van der Waals surface area contributed by atoms with Crippen molar-refractivity contribution in [2.75, 3.05) is 19.6 Å². The molecule has 0 spiro atoms. The Morgan fingerprint density at radius 3 is 2.89 bits per heavy atom. The summed E-state index contributed by atoms with van der Waals surface area (Å²) in [6.07, 6.45) is 1.82. The number of rotatable bonds is 3. The van der Waals surface area contributed by atoms with Gasteiger partial charge in [-0.25, -0.2) is 8.42 Å². The molecule has 1 aliphatic rings. The highest BCUT2D eigenvalue weighted by Gasteiger charge is 2.31. The Morgan fingerprint density at radius 1 is 1.47 bits per heavy atom. The van der Waals surface area contributed by atoms with Crippen LogP contribution in [0.3, 0.4) is 0 Å². The van der Waals surface area contributed by atoms with Crippen LogP contribution < -0.4 is 5.73 Å². The molecule has 0 aromatic heterocycles. The lowest BCUT2D eigenvalue weighted by Gasteiger charge is -2.31. The maximum absolute atomic E-state index is 12.6. The lowest BCUT2D eigenvalue weighted by molar-refractivity contribution is 0.271. The van der Waals surface area contributed by atoms with Gasteiger partial charge in [0.25, 0.3) is 0 Å². The van der Waals surface area contributed by atoms with E-state index in [0.717, 1.165) is 12.8 Å². The van der Waals surface area contributed by atoms with Crippen molar-refractivity contribution >= 4 is 37.6 Å². The molecule has 1 aromatic rings. The highest BCUT2D eigenvalue weighted by Crippen LogP contribution is 2.32. The standard InChI is InChI=1S/C12H16BrClN2O2S/c13-10-4-1-5-11(12(10)14)19(17,18)16-6-2-3-9(7-15)8-16/h1,4-5,9H,2-3,6-8,15H2. The van der Waals surface area contributed by atoms with E-state index in [4.69, 9.17) is 17.3 Å². The minimum atomic E-state index is -3.54. The average Bonchev–Trinajstić information content (AvgIpc) is 2.41. The molecule has 2 N–H and O–H groups in total. The van der Waals surface area contributed by atoms with E-state index in [1.165, 1.54) is 10.4 Å². The number of nitrogens with two attached hydrogens (primary N) is 1. The van der Waals surface area contributed by atoms with Crippen LogP contribution in [0.15, 0.2) is 27.6 Å². The zero-order valence-corrected chi connectivity index (χ0v) is 13.5. The minimum Gasteiger partial charge on any atom is -0.330 e. The molecule has 1 heterocycles. The molecule has 1 atom stereocenters. The van der Waals surface area contributed by atoms with E-state index in [1.807, 2.05) is 0 Å². The van der Waals surface area contributed by atoms with Crippen LogP contribution in [0.25, 0.3) is 0 Å². The van der Waals surface area contributed by atoms with Crippen molar-refractivity contribution < 1.29 is 8.42 Å². The molecule has 1 unspecified atom stereocenters. The van der Waals surface area contributed by atoms with E-state index >= 15 is 0 Å². The highest BCUT2D eigenvalue weighted by molar-refractivity contribution is 9.10. The quantitative estimate of drug-likeness (QED) is 0.892. The topological polar surface area (TPSA) is 63.4 Å². The number of halogens is 2. The molecule has 4 nitrogen and oxygen atoms in total. The molecular formula is C12H16BrClN2O2S. The van der Waals surface area contributed by atoms with Crippen molar-refractivity contribution in [3.05, 3.63) is 27.7 Å². The SMILES string of the molecule is NCC1CCCN(S(=O)(=O)c2cccc(Br)c2Cl)C1. The van der Waals surface area contributed by atoms with Crippen LogP contribution in [0.1, 0.15) is 12.8 Å². The Bertz CT molecular complexity index is 565. The first kappa shape index (κ1) is 15.3. The first-order valence-corrected chi connectivity index (χ1v) is 8.72. The third-order valence-corrected chi connectivity index (χ3v) is 6.66. The van der Waals surface area contributed by atoms with Gasteiger partial charge >= 0.3 is 0 Å². The van der Waals surface area contributed by atoms with E-state index in [2.05, 4.69) is 15.9 Å². The molecule has 106 valence electrons. The van der Waals surface area contributed by atoms with E-state index in [0.29, 0.717) is 24.1 Å². The largest absolute Gasteiger partial charge is 0.330 e. The van der Waals surface area contributed by atoms with Gasteiger partial charge in [-0.2, -0.15) is 4.31 Å². The first-order chi connectivity index (χ1) is 8.96. The number of hydrogen-bond acceptors (Lipinski definition) is 3. The van der Waals surface area contributed by atoms with Gasteiger partial charge in [0.15, 0.2) is 0 Å². The Morgan fingerprint density at radius 2 is 2.21 bits per heavy atom. The van der Waals surface area contributed by atoms with Gasteiger partial charge in [0.2, 0.25) is 10.0 Å². The second-order valence-electron chi connectivity index (χ2n) is 4.66. The molecule has 1 aromatic carbocycles. The van der Waals surface area contributed by atoms with Crippen molar-refractivity contribution in [1.82, 2.24) is 4.31 Å². The van der Waals surface area contributed by atoms with Gasteiger partial charge in [0, 0.05) is 17.6 Å². The van der Waals surface area contributed by atoms with Crippen molar-refractivity contribution in [2.45, 2.75) is 17.7 Å². The molecule has 1 fully saturated rings. The normalized spacial score (nSPS) is 21.5. The predicted molar refractivity (Wildman–Crippen MR) is 79.7 cm³/mol. The van der Waals surface area contributed by atoms with E-state index in [1.54, 1.807) is 12.1 Å². The van der Waals surface area contributed by atoms with Crippen molar-refractivity contribution in [3.8, 4) is 0 Å². The smallest absolute Gasteiger partial charge is 0.244 e. The summed E-state index contributed by atoms with van der Waals surface area (Å²) in [5.41, 5.74) is 5.65. The second-order valence-corrected chi connectivity index (χ2v) is 7.80. The summed E-state index contributed by atoms with van der Waals surface area (Å²) >= 11 is 9.34. The molecule has 1 saturated heterocycles. The molecule has 7 heteroatoms. The Balaban J connectivity index is 2.34. The summed E-state index contributed by atoms with van der Waals surface area (Å²) in [7, 11) is -3.54. The van der Waals surface area contributed by atoms with Crippen LogP contribution in [-0.4, -0.2) is 32.4 Å². The molecule has 0 aliphatic carbocycles. The van der Waals surface area contributed by atoms with Gasteiger partial charge in [0.05, 0.1) is 5.02 Å². The fourth-order valence-electron chi connectivity index (χ4n) is 2.26. The van der Waals surface area contributed by atoms with E-state index < -0.39 is 10.0 Å². The van der Waals surface area contributed by atoms with E-state index in [-0.39, 0.29) is 15.8 Å². The van der Waals surface area contributed by atoms with Crippen LogP contribution >= 0.6 is 27.5 Å². The van der Waals surface area contributed by atoms with Crippen LogP contribution in [0.4, 0.5) is 0 Å². The van der Waals surface area contributed by atoms with E-state index in [9.17, 15) is 8.42 Å². The van der Waals surface area contributed by atoms with Crippen LogP contribution in [0.5, 0.6) is 0 Å². The molecule has 0 amide bonds. The molecular weight excluding hydrogens is 352 g/mol. The zero-order valence-electron chi connectivity index (χ0n) is 10.4. The van der Waals surface area contributed by atoms with Gasteiger partial charge in [-0.15, -0.1) is 0 Å². The Kier molecular flexibility index (Phi) is 4.89. The number of piperidine rings is 1. The molecule has 0 saturated carbocycles. The molecule has 0 bridgehead atoms. The third kappa shape index (κ3) is 3.13. The lowest BCUT2D eigenvalue weighted by Crippen LogP contribution is -2.42. The lowest BCUT2D eigenvalue weighted by atomic mass is 10.0. The number of hydrogen-bond donors (Lipinski definition) is 1. The molecule has 1 aliphatic heterocycles.